The summed E-state index contributed by atoms with van der Waals surface area (Å²) in [5.74, 6) is 0.0419. The number of hydrogen-bond donors (Lipinski definition) is 2. The third-order valence-electron chi connectivity index (χ3n) is 5.86. The lowest BCUT2D eigenvalue weighted by Crippen LogP contribution is -2.38. The van der Waals surface area contributed by atoms with Crippen LogP contribution in [-0.4, -0.2) is 83.7 Å². The first kappa shape index (κ1) is 29.9. The zero-order valence-corrected chi connectivity index (χ0v) is 22.9. The number of rotatable bonds is 14. The number of allylic oxidation sites excluding steroid dienone is 1. The van der Waals surface area contributed by atoms with Crippen LogP contribution in [0.3, 0.4) is 0 Å². The van der Waals surface area contributed by atoms with Gasteiger partial charge in [-0.05, 0) is 48.0 Å². The molecule has 1 aliphatic heterocycles. The van der Waals surface area contributed by atoms with E-state index in [1.807, 2.05) is 12.1 Å². The lowest BCUT2D eigenvalue weighted by atomic mass is 9.93. The smallest absolute Gasteiger partial charge is 0.286 e. The Morgan fingerprint density at radius 2 is 1.82 bits per heavy atom. The molecule has 3 rings (SSSR count). The fourth-order valence-electron chi connectivity index (χ4n) is 3.86. The van der Waals surface area contributed by atoms with Gasteiger partial charge in [-0.25, -0.2) is 8.42 Å². The second-order valence-corrected chi connectivity index (χ2v) is 10.8. The van der Waals surface area contributed by atoms with Gasteiger partial charge in [0.25, 0.3) is 5.91 Å². The molecular formula is C26H33ClN2O8S. The van der Waals surface area contributed by atoms with Crippen LogP contribution in [0.1, 0.15) is 17.9 Å². The van der Waals surface area contributed by atoms with Crippen molar-refractivity contribution in [1.82, 2.24) is 9.62 Å². The molecule has 0 radical (unpaired) electrons. The number of aliphatic hydroxyl groups is 1. The van der Waals surface area contributed by atoms with Crippen LogP contribution in [0.15, 0.2) is 65.3 Å². The lowest BCUT2D eigenvalue weighted by Gasteiger charge is -2.30. The van der Waals surface area contributed by atoms with Crippen LogP contribution < -0.4 is 10.1 Å². The topological polar surface area (TPSA) is 124 Å². The van der Waals surface area contributed by atoms with Crippen molar-refractivity contribution in [3.8, 4) is 5.75 Å². The number of aliphatic hydroxyl groups excluding tert-OH is 1. The van der Waals surface area contributed by atoms with Crippen LogP contribution in [0, 0.1) is 0 Å². The first-order valence-electron chi connectivity index (χ1n) is 12.1. The predicted octanol–water partition coefficient (Wildman–Crippen LogP) is 2.52. The van der Waals surface area contributed by atoms with Crippen molar-refractivity contribution in [2.75, 3.05) is 53.7 Å². The summed E-state index contributed by atoms with van der Waals surface area (Å²) in [6, 6.07) is 13.3. The molecule has 0 aliphatic carbocycles. The highest BCUT2D eigenvalue weighted by molar-refractivity contribution is 7.89. The Morgan fingerprint density at radius 1 is 1.11 bits per heavy atom. The molecule has 2 aromatic rings. The van der Waals surface area contributed by atoms with Crippen molar-refractivity contribution in [2.45, 2.75) is 23.5 Å². The van der Waals surface area contributed by atoms with E-state index in [-0.39, 0.29) is 42.9 Å². The summed E-state index contributed by atoms with van der Waals surface area (Å²) in [6.07, 6.45) is 1.34. The summed E-state index contributed by atoms with van der Waals surface area (Å²) in [6.45, 7) is 0.146. The van der Waals surface area contributed by atoms with E-state index in [1.54, 1.807) is 30.3 Å². The maximum absolute atomic E-state index is 13.1. The largest absolute Gasteiger partial charge is 0.497 e. The number of amides is 1. The van der Waals surface area contributed by atoms with Gasteiger partial charge in [-0.3, -0.25) is 4.79 Å². The van der Waals surface area contributed by atoms with E-state index < -0.39 is 22.2 Å². The van der Waals surface area contributed by atoms with E-state index >= 15 is 0 Å². The molecule has 0 aromatic heterocycles. The highest BCUT2D eigenvalue weighted by atomic mass is 35.5. The molecule has 0 spiro atoms. The summed E-state index contributed by atoms with van der Waals surface area (Å²) < 4.78 is 49.2. The van der Waals surface area contributed by atoms with Gasteiger partial charge in [0.15, 0.2) is 5.76 Å². The first-order chi connectivity index (χ1) is 18.3. The monoisotopic (exact) mass is 568 g/mol. The SMILES string of the molecule is COCCNC(=O)C1=C[C@@H](c2ccc(Cl)cc2)C[C@@H](OCCN(CCO)S(=O)(=O)c2ccc(OC)cc2)O1. The number of halogens is 1. The van der Waals surface area contributed by atoms with Crippen LogP contribution in [0.25, 0.3) is 0 Å². The van der Waals surface area contributed by atoms with Crippen molar-refractivity contribution in [2.24, 2.45) is 0 Å². The zero-order valence-electron chi connectivity index (χ0n) is 21.3. The van der Waals surface area contributed by atoms with Crippen molar-refractivity contribution >= 4 is 27.5 Å². The third kappa shape index (κ3) is 8.16. The van der Waals surface area contributed by atoms with Gasteiger partial charge in [0, 0.05) is 44.1 Å². The van der Waals surface area contributed by atoms with E-state index in [2.05, 4.69) is 5.32 Å². The number of hydrogen-bond acceptors (Lipinski definition) is 8. The standard InChI is InChI=1S/C26H33ClN2O8S/c1-34-15-11-28-26(31)24-17-20(19-3-5-21(27)6-4-19)18-25(37-24)36-16-13-29(12-14-30)38(32,33)23-9-7-22(35-2)8-10-23/h3-10,17,20,25,30H,11-16,18H2,1-2H3,(H,28,31)/t20-,25+/m1/s1. The van der Waals surface area contributed by atoms with Crippen LogP contribution in [-0.2, 0) is 29.0 Å². The van der Waals surface area contributed by atoms with Crippen LogP contribution in [0.5, 0.6) is 5.75 Å². The second-order valence-electron chi connectivity index (χ2n) is 8.39. The van der Waals surface area contributed by atoms with Crippen LogP contribution >= 0.6 is 11.6 Å². The summed E-state index contributed by atoms with van der Waals surface area (Å²) in [5.41, 5.74) is 0.928. The molecular weight excluding hydrogens is 536 g/mol. The molecule has 0 saturated heterocycles. The maximum atomic E-state index is 13.1. The Morgan fingerprint density at radius 3 is 2.45 bits per heavy atom. The molecule has 2 N–H and O–H groups in total. The second kappa shape index (κ2) is 14.5. The van der Waals surface area contributed by atoms with Gasteiger partial charge in [-0.15, -0.1) is 0 Å². The minimum atomic E-state index is -3.89. The van der Waals surface area contributed by atoms with Gasteiger partial charge in [0.2, 0.25) is 16.3 Å². The van der Waals surface area contributed by atoms with Gasteiger partial charge < -0.3 is 29.4 Å². The highest BCUT2D eigenvalue weighted by Gasteiger charge is 2.30. The quantitative estimate of drug-likeness (QED) is 0.333. The number of ether oxygens (including phenoxy) is 4. The number of nitrogens with one attached hydrogen (secondary N) is 1. The minimum Gasteiger partial charge on any atom is -0.497 e. The van der Waals surface area contributed by atoms with Gasteiger partial charge in [-0.2, -0.15) is 4.31 Å². The Hall–Kier alpha value is -2.67. The summed E-state index contributed by atoms with van der Waals surface area (Å²) in [4.78, 5) is 12.8. The van der Waals surface area contributed by atoms with E-state index in [4.69, 9.17) is 30.5 Å². The normalized spacial score (nSPS) is 17.6. The number of carbonyl (C=O) groups excluding carboxylic acids is 1. The van der Waals surface area contributed by atoms with Gasteiger partial charge in [0.05, 0.1) is 31.8 Å². The minimum absolute atomic E-state index is 0.0219. The molecule has 2 atom stereocenters. The fraction of sp³-hybridized carbons (Fsp3) is 0.423. The molecule has 0 unspecified atom stereocenters. The molecule has 0 saturated carbocycles. The molecule has 12 heteroatoms. The Balaban J connectivity index is 1.70. The average Bonchev–Trinajstić information content (AvgIpc) is 2.93. The molecule has 1 aliphatic rings. The summed E-state index contributed by atoms with van der Waals surface area (Å²) in [7, 11) is -0.856. The van der Waals surface area contributed by atoms with Crippen LogP contribution in [0.2, 0.25) is 5.02 Å². The number of methoxy groups -OCH3 is 2. The van der Waals surface area contributed by atoms with E-state index in [0.717, 1.165) is 9.87 Å². The zero-order chi connectivity index (χ0) is 27.5. The Labute approximate surface area is 228 Å². The first-order valence-corrected chi connectivity index (χ1v) is 13.9. The van der Waals surface area contributed by atoms with Crippen molar-refractivity contribution < 1.29 is 37.3 Å². The number of carbonyl (C=O) groups is 1. The van der Waals surface area contributed by atoms with E-state index in [9.17, 15) is 18.3 Å². The van der Waals surface area contributed by atoms with Gasteiger partial charge >= 0.3 is 0 Å². The third-order valence-corrected chi connectivity index (χ3v) is 8.03. The van der Waals surface area contributed by atoms with Gasteiger partial charge in [0.1, 0.15) is 5.75 Å². The summed E-state index contributed by atoms with van der Waals surface area (Å²) >= 11 is 6.03. The summed E-state index contributed by atoms with van der Waals surface area (Å²) in [5, 5.41) is 12.8. The molecule has 0 fully saturated rings. The maximum Gasteiger partial charge on any atom is 0.286 e. The van der Waals surface area contributed by atoms with E-state index in [1.165, 1.54) is 26.4 Å². The number of benzene rings is 2. The van der Waals surface area contributed by atoms with Crippen molar-refractivity contribution in [3.05, 3.63) is 71.0 Å². The molecule has 1 heterocycles. The van der Waals surface area contributed by atoms with Crippen molar-refractivity contribution in [3.63, 3.8) is 0 Å². The van der Waals surface area contributed by atoms with Crippen molar-refractivity contribution in [1.29, 1.82) is 0 Å². The van der Waals surface area contributed by atoms with Gasteiger partial charge in [-0.1, -0.05) is 23.7 Å². The molecule has 0 bridgehead atoms. The molecule has 2 aromatic carbocycles. The van der Waals surface area contributed by atoms with Crippen LogP contribution in [0.4, 0.5) is 0 Å². The highest BCUT2D eigenvalue weighted by Crippen LogP contribution is 2.32. The molecule has 1 amide bonds. The average molecular weight is 569 g/mol. The number of nitrogens with zero attached hydrogens (tertiary/aromatic N) is 1. The Kier molecular flexibility index (Phi) is 11.4. The lowest BCUT2D eigenvalue weighted by molar-refractivity contribution is -0.146. The Bertz CT molecular complexity index is 1170. The number of sulfonamides is 1. The molecule has 10 nitrogen and oxygen atoms in total. The fourth-order valence-corrected chi connectivity index (χ4v) is 5.40. The molecule has 208 valence electrons. The molecule has 38 heavy (non-hydrogen) atoms. The predicted molar refractivity (Wildman–Crippen MR) is 141 cm³/mol. The van der Waals surface area contributed by atoms with E-state index in [0.29, 0.717) is 30.3 Å².